The second kappa shape index (κ2) is 4.47. The lowest BCUT2D eigenvalue weighted by Gasteiger charge is -2.26. The van der Waals surface area contributed by atoms with E-state index in [4.69, 9.17) is 5.11 Å². The molecule has 14 heavy (non-hydrogen) atoms. The van der Waals surface area contributed by atoms with Crippen molar-refractivity contribution in [3.63, 3.8) is 0 Å². The number of nitrogens with one attached hydrogen (secondary N) is 1. The van der Waals surface area contributed by atoms with Gasteiger partial charge in [-0.1, -0.05) is 18.6 Å². The van der Waals surface area contributed by atoms with Crippen molar-refractivity contribution in [2.24, 2.45) is 0 Å². The van der Waals surface area contributed by atoms with Crippen molar-refractivity contribution in [2.75, 3.05) is 6.54 Å². The fourth-order valence-corrected chi connectivity index (χ4v) is 1.70. The van der Waals surface area contributed by atoms with E-state index in [0.717, 1.165) is 19.0 Å². The lowest BCUT2D eigenvalue weighted by Crippen LogP contribution is -2.36. The van der Waals surface area contributed by atoms with Gasteiger partial charge < -0.3 is 10.4 Å². The standard InChI is InChI=1S/C12H17NO/c14-12-6-4-10(5-7-12)8-9-13-11-2-1-3-11/h4-7,11,13-14H,1-3,8-9H2. The van der Waals surface area contributed by atoms with Crippen LogP contribution in [-0.2, 0) is 6.42 Å². The predicted octanol–water partition coefficient (Wildman–Crippen LogP) is 2.08. The van der Waals surface area contributed by atoms with Gasteiger partial charge in [0.15, 0.2) is 0 Å². The van der Waals surface area contributed by atoms with Gasteiger partial charge in [-0.15, -0.1) is 0 Å². The molecule has 76 valence electrons. The summed E-state index contributed by atoms with van der Waals surface area (Å²) in [6, 6.07) is 8.24. The van der Waals surface area contributed by atoms with Crippen LogP contribution in [0.5, 0.6) is 5.75 Å². The third kappa shape index (κ3) is 2.48. The SMILES string of the molecule is Oc1ccc(CCNC2CCC2)cc1. The molecule has 0 bridgehead atoms. The normalized spacial score (nSPS) is 16.6. The molecule has 1 saturated carbocycles. The van der Waals surface area contributed by atoms with Gasteiger partial charge in [-0.25, -0.2) is 0 Å². The van der Waals surface area contributed by atoms with Crippen molar-refractivity contribution >= 4 is 0 Å². The van der Waals surface area contributed by atoms with Crippen molar-refractivity contribution in [2.45, 2.75) is 31.7 Å². The third-order valence-electron chi connectivity index (χ3n) is 2.89. The van der Waals surface area contributed by atoms with Crippen molar-refractivity contribution in [1.82, 2.24) is 5.32 Å². The first-order valence-electron chi connectivity index (χ1n) is 5.36. The molecule has 0 radical (unpaired) electrons. The highest BCUT2D eigenvalue weighted by Crippen LogP contribution is 2.17. The highest BCUT2D eigenvalue weighted by Gasteiger charge is 2.15. The molecular formula is C12H17NO. The number of hydrogen-bond acceptors (Lipinski definition) is 2. The average molecular weight is 191 g/mol. The number of phenols is 1. The van der Waals surface area contributed by atoms with Crippen LogP contribution in [-0.4, -0.2) is 17.7 Å². The van der Waals surface area contributed by atoms with E-state index >= 15 is 0 Å². The molecular weight excluding hydrogens is 174 g/mol. The Hall–Kier alpha value is -1.02. The minimum absolute atomic E-state index is 0.348. The van der Waals surface area contributed by atoms with Gasteiger partial charge >= 0.3 is 0 Å². The molecule has 1 aliphatic carbocycles. The van der Waals surface area contributed by atoms with E-state index in [1.165, 1.54) is 24.8 Å². The summed E-state index contributed by atoms with van der Waals surface area (Å²) in [6.07, 6.45) is 5.12. The molecule has 1 fully saturated rings. The summed E-state index contributed by atoms with van der Waals surface area (Å²) >= 11 is 0. The Labute approximate surface area is 85.0 Å². The fourth-order valence-electron chi connectivity index (χ4n) is 1.70. The number of aromatic hydroxyl groups is 1. The Morgan fingerprint density at radius 2 is 1.93 bits per heavy atom. The van der Waals surface area contributed by atoms with Crippen LogP contribution in [0.2, 0.25) is 0 Å². The van der Waals surface area contributed by atoms with Crippen molar-refractivity contribution < 1.29 is 5.11 Å². The highest BCUT2D eigenvalue weighted by molar-refractivity contribution is 5.25. The number of phenolic OH excluding ortho intramolecular Hbond substituents is 1. The molecule has 0 atom stereocenters. The molecule has 0 unspecified atom stereocenters. The monoisotopic (exact) mass is 191 g/mol. The van der Waals surface area contributed by atoms with Gasteiger partial charge in [0.05, 0.1) is 0 Å². The van der Waals surface area contributed by atoms with Gasteiger partial charge in [-0.3, -0.25) is 0 Å². The summed E-state index contributed by atoms with van der Waals surface area (Å²) in [5, 5.41) is 12.6. The van der Waals surface area contributed by atoms with Crippen LogP contribution in [0.3, 0.4) is 0 Å². The van der Waals surface area contributed by atoms with Gasteiger partial charge in [0.25, 0.3) is 0 Å². The van der Waals surface area contributed by atoms with Crippen LogP contribution in [0.25, 0.3) is 0 Å². The van der Waals surface area contributed by atoms with Crippen LogP contribution in [0.4, 0.5) is 0 Å². The van der Waals surface area contributed by atoms with E-state index in [1.54, 1.807) is 12.1 Å². The van der Waals surface area contributed by atoms with Crippen LogP contribution >= 0.6 is 0 Å². The first-order valence-corrected chi connectivity index (χ1v) is 5.36. The molecule has 2 nitrogen and oxygen atoms in total. The first-order chi connectivity index (χ1) is 6.84. The Morgan fingerprint density at radius 3 is 2.50 bits per heavy atom. The molecule has 2 heteroatoms. The molecule has 2 N–H and O–H groups in total. The van der Waals surface area contributed by atoms with Crippen molar-refractivity contribution in [1.29, 1.82) is 0 Å². The predicted molar refractivity (Wildman–Crippen MR) is 57.5 cm³/mol. The molecule has 0 spiro atoms. The van der Waals surface area contributed by atoms with Gasteiger partial charge in [-0.05, 0) is 43.5 Å². The van der Waals surface area contributed by atoms with Crippen LogP contribution in [0, 0.1) is 0 Å². The van der Waals surface area contributed by atoms with Crippen molar-refractivity contribution in [3.05, 3.63) is 29.8 Å². The molecule has 0 heterocycles. The van der Waals surface area contributed by atoms with E-state index in [1.807, 2.05) is 12.1 Å². The zero-order chi connectivity index (χ0) is 9.80. The Morgan fingerprint density at radius 1 is 1.21 bits per heavy atom. The Kier molecular flexibility index (Phi) is 3.04. The summed E-state index contributed by atoms with van der Waals surface area (Å²) in [5.41, 5.74) is 1.29. The number of benzene rings is 1. The van der Waals surface area contributed by atoms with E-state index in [2.05, 4.69) is 5.32 Å². The number of hydrogen-bond donors (Lipinski definition) is 2. The van der Waals surface area contributed by atoms with Crippen LogP contribution in [0.1, 0.15) is 24.8 Å². The molecule has 1 aromatic rings. The van der Waals surface area contributed by atoms with Gasteiger partial charge in [0.1, 0.15) is 5.75 Å². The maximum Gasteiger partial charge on any atom is 0.115 e. The van der Waals surface area contributed by atoms with Gasteiger partial charge in [-0.2, -0.15) is 0 Å². The Balaban J connectivity index is 1.71. The maximum atomic E-state index is 9.10. The van der Waals surface area contributed by atoms with Gasteiger partial charge in [0.2, 0.25) is 0 Å². The van der Waals surface area contributed by atoms with Gasteiger partial charge in [0, 0.05) is 6.04 Å². The topological polar surface area (TPSA) is 32.3 Å². The summed E-state index contributed by atoms with van der Waals surface area (Å²) in [4.78, 5) is 0. The summed E-state index contributed by atoms with van der Waals surface area (Å²) in [5.74, 6) is 0.348. The lowest BCUT2D eigenvalue weighted by molar-refractivity contribution is 0.342. The van der Waals surface area contributed by atoms with E-state index in [9.17, 15) is 0 Å². The largest absolute Gasteiger partial charge is 0.508 e. The molecule has 0 aliphatic heterocycles. The lowest BCUT2D eigenvalue weighted by atomic mass is 9.93. The molecule has 2 rings (SSSR count). The molecule has 0 aromatic heterocycles. The fraction of sp³-hybridized carbons (Fsp3) is 0.500. The minimum Gasteiger partial charge on any atom is -0.508 e. The van der Waals surface area contributed by atoms with Crippen LogP contribution < -0.4 is 5.32 Å². The average Bonchev–Trinajstić information content (AvgIpc) is 2.12. The van der Waals surface area contributed by atoms with E-state index in [0.29, 0.717) is 5.75 Å². The second-order valence-electron chi connectivity index (χ2n) is 4.00. The second-order valence-corrected chi connectivity index (χ2v) is 4.00. The molecule has 1 aromatic carbocycles. The van der Waals surface area contributed by atoms with E-state index in [-0.39, 0.29) is 0 Å². The van der Waals surface area contributed by atoms with Crippen molar-refractivity contribution in [3.8, 4) is 5.75 Å². The smallest absolute Gasteiger partial charge is 0.115 e. The molecule has 1 aliphatic rings. The number of rotatable bonds is 4. The highest BCUT2D eigenvalue weighted by atomic mass is 16.3. The zero-order valence-corrected chi connectivity index (χ0v) is 8.37. The van der Waals surface area contributed by atoms with E-state index < -0.39 is 0 Å². The minimum atomic E-state index is 0.348. The first kappa shape index (κ1) is 9.53. The van der Waals surface area contributed by atoms with Crippen LogP contribution in [0.15, 0.2) is 24.3 Å². The maximum absolute atomic E-state index is 9.10. The summed E-state index contributed by atoms with van der Waals surface area (Å²) in [7, 11) is 0. The third-order valence-corrected chi connectivity index (χ3v) is 2.89. The Bertz CT molecular complexity index is 277. The summed E-state index contributed by atoms with van der Waals surface area (Å²) in [6.45, 7) is 1.05. The zero-order valence-electron chi connectivity index (χ0n) is 8.37. The quantitative estimate of drug-likeness (QED) is 0.763. The summed E-state index contributed by atoms with van der Waals surface area (Å²) < 4.78 is 0. The molecule has 0 saturated heterocycles. The molecule has 0 amide bonds.